The summed E-state index contributed by atoms with van der Waals surface area (Å²) in [7, 11) is 1.10. The summed E-state index contributed by atoms with van der Waals surface area (Å²) in [6.07, 6.45) is 51.7. The molecule has 0 saturated heterocycles. The lowest BCUT2D eigenvalue weighted by Crippen LogP contribution is -2.37. The van der Waals surface area contributed by atoms with Crippen LogP contribution in [0.25, 0.3) is 0 Å². The summed E-state index contributed by atoms with van der Waals surface area (Å²) >= 11 is 0. The van der Waals surface area contributed by atoms with E-state index in [1.807, 2.05) is 33.3 Å². The molecule has 0 aliphatic rings. The van der Waals surface area contributed by atoms with Gasteiger partial charge in [0.2, 0.25) is 0 Å². The number of quaternary nitrogens is 1. The lowest BCUT2D eigenvalue weighted by Gasteiger charge is -2.28. The van der Waals surface area contributed by atoms with Crippen LogP contribution in [0.4, 0.5) is 0 Å². The molecule has 0 spiro atoms. The number of nitrogens with zero attached hydrogens (tertiary/aromatic N) is 1. The number of carbonyl (C=O) groups excluding carboxylic acids is 2. The largest absolute Gasteiger partial charge is 0.756 e. The van der Waals surface area contributed by atoms with Crippen LogP contribution >= 0.6 is 7.82 Å². The van der Waals surface area contributed by atoms with Crippen LogP contribution in [-0.4, -0.2) is 70.0 Å². The number of hydrogen-bond donors (Lipinski definition) is 0. The van der Waals surface area contributed by atoms with Crippen molar-refractivity contribution in [1.29, 1.82) is 0 Å². The molecule has 2 atom stereocenters. The predicted octanol–water partition coefficient (Wildman–Crippen LogP) is 11.9. The zero-order valence-electron chi connectivity index (χ0n) is 36.9. The molecule has 10 heteroatoms. The van der Waals surface area contributed by atoms with Gasteiger partial charge in [0, 0.05) is 12.8 Å². The number of esters is 2. The third-order valence-corrected chi connectivity index (χ3v) is 9.58. The molecule has 0 N–H and O–H groups in total. The van der Waals surface area contributed by atoms with Crippen molar-refractivity contribution in [1.82, 2.24) is 0 Å². The molecule has 0 radical (unpaired) electrons. The van der Waals surface area contributed by atoms with Gasteiger partial charge in [-0.2, -0.15) is 0 Å². The zero-order valence-corrected chi connectivity index (χ0v) is 37.8. The van der Waals surface area contributed by atoms with Gasteiger partial charge in [0.05, 0.1) is 27.7 Å². The Morgan fingerprint density at radius 1 is 0.534 bits per heavy atom. The van der Waals surface area contributed by atoms with Crippen LogP contribution in [0.15, 0.2) is 97.2 Å². The average molecular weight is 830 g/mol. The molecule has 0 aliphatic carbocycles. The van der Waals surface area contributed by atoms with Crippen LogP contribution in [0.5, 0.6) is 0 Å². The number of carbonyl (C=O) groups is 2. The van der Waals surface area contributed by atoms with Gasteiger partial charge in [-0.15, -0.1) is 0 Å². The van der Waals surface area contributed by atoms with Gasteiger partial charge in [-0.25, -0.2) is 0 Å². The molecule has 0 amide bonds. The average Bonchev–Trinajstić information content (AvgIpc) is 3.17. The van der Waals surface area contributed by atoms with E-state index in [-0.39, 0.29) is 26.1 Å². The van der Waals surface area contributed by atoms with Crippen LogP contribution in [0, 0.1) is 0 Å². The highest BCUT2D eigenvalue weighted by Gasteiger charge is 2.21. The summed E-state index contributed by atoms with van der Waals surface area (Å²) in [5, 5.41) is 0. The third-order valence-electron chi connectivity index (χ3n) is 8.61. The van der Waals surface area contributed by atoms with Gasteiger partial charge in [0.15, 0.2) is 6.10 Å². The summed E-state index contributed by atoms with van der Waals surface area (Å²) in [4.78, 5) is 37.5. The second kappa shape index (κ2) is 39.4. The molecular weight excluding hydrogens is 750 g/mol. The molecule has 0 heterocycles. The molecule has 9 nitrogen and oxygen atoms in total. The second-order valence-electron chi connectivity index (χ2n) is 15.3. The van der Waals surface area contributed by atoms with E-state index in [0.717, 1.165) is 77.0 Å². The number of allylic oxidation sites excluding steroid dienone is 16. The van der Waals surface area contributed by atoms with Crippen molar-refractivity contribution >= 4 is 19.8 Å². The molecule has 58 heavy (non-hydrogen) atoms. The first-order valence-corrected chi connectivity index (χ1v) is 23.4. The van der Waals surface area contributed by atoms with Crippen LogP contribution in [-0.2, 0) is 32.7 Å². The minimum absolute atomic E-state index is 0.0486. The number of phosphoric ester groups is 1. The van der Waals surface area contributed by atoms with Crippen LogP contribution in [0.1, 0.15) is 142 Å². The van der Waals surface area contributed by atoms with Crippen LogP contribution < -0.4 is 4.89 Å². The van der Waals surface area contributed by atoms with Crippen LogP contribution in [0.2, 0.25) is 0 Å². The van der Waals surface area contributed by atoms with Crippen LogP contribution in [0.3, 0.4) is 0 Å². The molecule has 0 aromatic rings. The number of ether oxygens (including phenoxy) is 2. The van der Waals surface area contributed by atoms with Crippen molar-refractivity contribution in [2.24, 2.45) is 0 Å². The maximum Gasteiger partial charge on any atom is 0.306 e. The SMILES string of the molecule is CC/C=C\C/C=C\C/C=C\C/C=C\CCCCCCCCCCC(=O)OC(COC(=O)CC/C=C\C/C=C\C/C=C\C/C=C\CC)COP(=O)([O-])OCC[N+](C)(C)C. The van der Waals surface area contributed by atoms with E-state index in [2.05, 4.69) is 98.9 Å². The van der Waals surface area contributed by atoms with Gasteiger partial charge < -0.3 is 27.9 Å². The number of likely N-dealkylation sites (N-methyl/N-ethyl adjacent to an activating group) is 1. The summed E-state index contributed by atoms with van der Waals surface area (Å²) in [5.41, 5.74) is 0. The van der Waals surface area contributed by atoms with E-state index >= 15 is 0 Å². The molecule has 0 aromatic carbocycles. The maximum absolute atomic E-state index is 12.7. The smallest absolute Gasteiger partial charge is 0.306 e. The molecule has 0 saturated carbocycles. The molecule has 0 rings (SSSR count). The van der Waals surface area contributed by atoms with Gasteiger partial charge >= 0.3 is 11.9 Å². The Kier molecular flexibility index (Phi) is 37.3. The number of unbranched alkanes of at least 4 members (excludes halogenated alkanes) is 8. The Morgan fingerprint density at radius 3 is 1.45 bits per heavy atom. The first kappa shape index (κ1) is 54.9. The topological polar surface area (TPSA) is 111 Å². The molecule has 0 aromatic heterocycles. The van der Waals surface area contributed by atoms with Gasteiger partial charge in [-0.3, -0.25) is 14.2 Å². The molecule has 0 bridgehead atoms. The normalized spacial score (nSPS) is 14.5. The fourth-order valence-electron chi connectivity index (χ4n) is 5.25. The maximum atomic E-state index is 12.7. The van der Waals surface area contributed by atoms with Crippen molar-refractivity contribution in [2.45, 2.75) is 148 Å². The molecule has 0 aliphatic heterocycles. The van der Waals surface area contributed by atoms with E-state index in [1.165, 1.54) is 25.7 Å². The molecule has 330 valence electrons. The zero-order chi connectivity index (χ0) is 42.8. The first-order chi connectivity index (χ1) is 28.0. The van der Waals surface area contributed by atoms with Gasteiger partial charge in [0.1, 0.15) is 19.8 Å². The molecule has 0 fully saturated rings. The molecule has 2 unspecified atom stereocenters. The first-order valence-electron chi connectivity index (χ1n) is 21.9. The predicted molar refractivity (Wildman–Crippen MR) is 240 cm³/mol. The van der Waals surface area contributed by atoms with Crippen molar-refractivity contribution in [3.63, 3.8) is 0 Å². The Bertz CT molecular complexity index is 1300. The van der Waals surface area contributed by atoms with Crippen molar-refractivity contribution < 1.29 is 42.1 Å². The van der Waals surface area contributed by atoms with Crippen molar-refractivity contribution in [3.05, 3.63) is 97.2 Å². The van der Waals surface area contributed by atoms with Gasteiger partial charge in [0.25, 0.3) is 7.82 Å². The third kappa shape index (κ3) is 42.5. The van der Waals surface area contributed by atoms with E-state index in [1.54, 1.807) is 0 Å². The van der Waals surface area contributed by atoms with Crippen molar-refractivity contribution in [3.8, 4) is 0 Å². The quantitative estimate of drug-likeness (QED) is 0.0199. The number of phosphoric acid groups is 1. The summed E-state index contributed by atoms with van der Waals surface area (Å²) in [6.45, 7) is 3.87. The highest BCUT2D eigenvalue weighted by molar-refractivity contribution is 7.45. The Labute approximate surface area is 353 Å². The number of hydrogen-bond acceptors (Lipinski definition) is 8. The standard InChI is InChI=1S/C48H80NO8P/c1-6-8-10-12-14-16-18-20-21-22-23-24-25-26-27-29-31-33-35-37-39-41-48(51)57-46(45-56-58(52,53)55-43-42-49(3,4)5)44-54-47(50)40-38-36-34-32-30-28-19-17-15-13-11-9-7-2/h8-11,14-17,20-21,23-24,28,30,34,36,46H,6-7,12-13,18-19,22,25-27,29,31-33,35,37-45H2,1-5H3/b10-8-,11-9-,16-14-,17-15-,21-20-,24-23-,30-28-,36-34-. The van der Waals surface area contributed by atoms with E-state index in [0.29, 0.717) is 23.9 Å². The van der Waals surface area contributed by atoms with E-state index in [4.69, 9.17) is 18.5 Å². The Balaban J connectivity index is 4.43. The lowest BCUT2D eigenvalue weighted by atomic mass is 10.1. The Morgan fingerprint density at radius 2 is 0.966 bits per heavy atom. The highest BCUT2D eigenvalue weighted by Crippen LogP contribution is 2.38. The Hall–Kier alpha value is -3.07. The van der Waals surface area contributed by atoms with Crippen molar-refractivity contribution in [2.75, 3.05) is 47.5 Å². The number of rotatable bonds is 38. The minimum atomic E-state index is -4.65. The minimum Gasteiger partial charge on any atom is -0.756 e. The fourth-order valence-corrected chi connectivity index (χ4v) is 5.97. The second-order valence-corrected chi connectivity index (χ2v) is 16.7. The molecular formula is C48H80NO8P. The van der Waals surface area contributed by atoms with E-state index in [9.17, 15) is 19.0 Å². The summed E-state index contributed by atoms with van der Waals surface area (Å²) < 4.78 is 33.8. The van der Waals surface area contributed by atoms with E-state index < -0.39 is 32.5 Å². The van der Waals surface area contributed by atoms with Gasteiger partial charge in [-0.1, -0.05) is 150 Å². The summed E-state index contributed by atoms with van der Waals surface area (Å²) in [6, 6.07) is 0. The highest BCUT2D eigenvalue weighted by atomic mass is 31.2. The summed E-state index contributed by atoms with van der Waals surface area (Å²) in [5.74, 6) is -0.949. The monoisotopic (exact) mass is 830 g/mol. The fraction of sp³-hybridized carbons (Fsp3) is 0.625. The van der Waals surface area contributed by atoms with Gasteiger partial charge in [-0.05, 0) is 77.0 Å². The lowest BCUT2D eigenvalue weighted by molar-refractivity contribution is -0.870.